The fraction of sp³-hybridized carbons (Fsp3) is 0.308. The minimum absolute atomic E-state index is 0.306. The van der Waals surface area contributed by atoms with Gasteiger partial charge in [-0.2, -0.15) is 14.9 Å². The fourth-order valence-corrected chi connectivity index (χ4v) is 5.61. The molecule has 2 saturated heterocycles. The van der Waals surface area contributed by atoms with Crippen LogP contribution >= 0.6 is 0 Å². The minimum atomic E-state index is 0.306. The van der Waals surface area contributed by atoms with E-state index in [1.807, 2.05) is 48.5 Å². The van der Waals surface area contributed by atoms with Crippen LogP contribution in [0.1, 0.15) is 42.9 Å². The van der Waals surface area contributed by atoms with E-state index >= 15 is 0 Å². The van der Waals surface area contributed by atoms with Crippen molar-refractivity contribution in [3.63, 3.8) is 0 Å². The highest BCUT2D eigenvalue weighted by Crippen LogP contribution is 2.43. The van der Waals surface area contributed by atoms with Crippen LogP contribution in [0, 0.1) is 18.4 Å². The summed E-state index contributed by atoms with van der Waals surface area (Å²) < 4.78 is 1.73. The van der Waals surface area contributed by atoms with E-state index < -0.39 is 0 Å². The van der Waals surface area contributed by atoms with Crippen molar-refractivity contribution < 1.29 is 0 Å². The maximum Gasteiger partial charge on any atom is 0.179 e. The van der Waals surface area contributed by atoms with Gasteiger partial charge in [0, 0.05) is 46.5 Å². The van der Waals surface area contributed by atoms with E-state index in [2.05, 4.69) is 34.5 Å². The number of nitrogens with zero attached hydrogens (tertiary/aromatic N) is 6. The zero-order valence-electron chi connectivity index (χ0n) is 18.5. The normalized spacial score (nSPS) is 21.9. The van der Waals surface area contributed by atoms with Gasteiger partial charge in [0.1, 0.15) is 5.82 Å². The largest absolute Gasteiger partial charge is 0.383 e. The second kappa shape index (κ2) is 7.59. The number of hydrogen-bond donors (Lipinski definition) is 1. The van der Waals surface area contributed by atoms with Crippen molar-refractivity contribution in [1.29, 1.82) is 5.26 Å². The molecule has 6 rings (SSSR count). The van der Waals surface area contributed by atoms with Crippen molar-refractivity contribution >= 4 is 11.5 Å². The van der Waals surface area contributed by atoms with Crippen LogP contribution in [-0.2, 0) is 0 Å². The maximum absolute atomic E-state index is 9.52. The second-order valence-electron chi connectivity index (χ2n) is 9.16. The first-order valence-electron chi connectivity index (χ1n) is 11.5. The summed E-state index contributed by atoms with van der Waals surface area (Å²) in [6.07, 6.45) is 10.2. The highest BCUT2D eigenvalue weighted by Gasteiger charge is 2.42. The Bertz CT molecular complexity index is 1350. The van der Waals surface area contributed by atoms with Crippen LogP contribution in [0.5, 0.6) is 0 Å². The van der Waals surface area contributed by atoms with Crippen LogP contribution in [0.25, 0.3) is 28.0 Å². The molecule has 7 heteroatoms. The Morgan fingerprint density at radius 1 is 1.00 bits per heavy atom. The van der Waals surface area contributed by atoms with Crippen molar-refractivity contribution in [2.24, 2.45) is 0 Å². The first-order valence-corrected chi connectivity index (χ1v) is 11.5. The smallest absolute Gasteiger partial charge is 0.179 e. The van der Waals surface area contributed by atoms with Gasteiger partial charge in [-0.3, -0.25) is 4.98 Å². The maximum atomic E-state index is 9.52. The molecule has 2 aliphatic heterocycles. The van der Waals surface area contributed by atoms with Crippen LogP contribution in [0.2, 0.25) is 0 Å². The summed E-state index contributed by atoms with van der Waals surface area (Å²) in [4.78, 5) is 11.8. The number of fused-ring (bicyclic) bond motifs is 3. The molecule has 0 radical (unpaired) electrons. The highest BCUT2D eigenvalue weighted by atomic mass is 15.3. The Balaban J connectivity index is 1.39. The number of nitrogen functional groups attached to an aromatic ring is 1. The van der Waals surface area contributed by atoms with Crippen molar-refractivity contribution in [2.45, 2.75) is 50.6 Å². The van der Waals surface area contributed by atoms with Gasteiger partial charge >= 0.3 is 0 Å². The summed E-state index contributed by atoms with van der Waals surface area (Å²) in [6, 6.07) is 14.9. The lowest BCUT2D eigenvalue weighted by Crippen LogP contribution is -2.39. The molecular weight excluding hydrogens is 410 g/mol. The van der Waals surface area contributed by atoms with Crippen molar-refractivity contribution in [1.82, 2.24) is 24.5 Å². The van der Waals surface area contributed by atoms with Crippen LogP contribution in [-0.4, -0.2) is 36.6 Å². The standard InChI is InChI=1S/C26H25N7/c1-16-24(19-11-20-8-9-21(12-19)32(20)15-27)31-26-22(14-30-33(26)25(16)28)18-7-10-23(29-13-18)17-5-3-2-4-6-17/h2-7,10,13-14,19-21H,8-9,11-12,28H2,1H3. The Labute approximate surface area is 192 Å². The molecule has 0 spiro atoms. The quantitative estimate of drug-likeness (QED) is 0.475. The number of hydrogen-bond acceptors (Lipinski definition) is 6. The molecule has 2 unspecified atom stereocenters. The molecular formula is C26H25N7. The van der Waals surface area contributed by atoms with Gasteiger partial charge in [-0.05, 0) is 38.7 Å². The summed E-state index contributed by atoms with van der Waals surface area (Å²) in [5.41, 5.74) is 13.2. The summed E-state index contributed by atoms with van der Waals surface area (Å²) >= 11 is 0. The second-order valence-corrected chi connectivity index (χ2v) is 9.16. The van der Waals surface area contributed by atoms with E-state index in [9.17, 15) is 5.26 Å². The molecule has 2 aliphatic rings. The predicted molar refractivity (Wildman–Crippen MR) is 127 cm³/mol. The lowest BCUT2D eigenvalue weighted by Gasteiger charge is -2.35. The van der Waals surface area contributed by atoms with Gasteiger partial charge in [-0.25, -0.2) is 4.98 Å². The van der Waals surface area contributed by atoms with Gasteiger partial charge in [0.15, 0.2) is 11.8 Å². The first-order chi connectivity index (χ1) is 16.1. The monoisotopic (exact) mass is 435 g/mol. The molecule has 2 atom stereocenters. The van der Waals surface area contributed by atoms with E-state index in [-0.39, 0.29) is 0 Å². The number of pyridine rings is 1. The minimum Gasteiger partial charge on any atom is -0.383 e. The Morgan fingerprint density at radius 2 is 1.76 bits per heavy atom. The van der Waals surface area contributed by atoms with E-state index in [1.54, 1.807) is 4.52 Å². The van der Waals surface area contributed by atoms with Gasteiger partial charge in [0.2, 0.25) is 0 Å². The van der Waals surface area contributed by atoms with E-state index in [0.29, 0.717) is 23.8 Å². The predicted octanol–water partition coefficient (Wildman–Crippen LogP) is 4.54. The molecule has 164 valence electrons. The van der Waals surface area contributed by atoms with Crippen LogP contribution in [0.15, 0.2) is 54.9 Å². The molecule has 4 aromatic rings. The number of nitriles is 1. The third-order valence-corrected chi connectivity index (χ3v) is 7.35. The van der Waals surface area contributed by atoms with Gasteiger partial charge in [-0.15, -0.1) is 0 Å². The first kappa shape index (κ1) is 19.7. The fourth-order valence-electron chi connectivity index (χ4n) is 5.61. The summed E-state index contributed by atoms with van der Waals surface area (Å²) in [7, 11) is 0. The van der Waals surface area contributed by atoms with Crippen molar-refractivity contribution in [2.75, 3.05) is 5.73 Å². The van der Waals surface area contributed by atoms with Crippen LogP contribution < -0.4 is 5.73 Å². The van der Waals surface area contributed by atoms with E-state index in [0.717, 1.165) is 65.0 Å². The molecule has 0 amide bonds. The average Bonchev–Trinajstić information content (AvgIpc) is 3.39. The summed E-state index contributed by atoms with van der Waals surface area (Å²) in [5, 5.41) is 14.1. The molecule has 1 aromatic carbocycles. The molecule has 7 nitrogen and oxygen atoms in total. The van der Waals surface area contributed by atoms with Gasteiger partial charge in [0.25, 0.3) is 0 Å². The molecule has 33 heavy (non-hydrogen) atoms. The van der Waals surface area contributed by atoms with Gasteiger partial charge < -0.3 is 10.6 Å². The molecule has 2 N–H and O–H groups in total. The molecule has 2 fully saturated rings. The average molecular weight is 436 g/mol. The SMILES string of the molecule is Cc1c(C2CC3CCC(C2)N3C#N)nc2c(-c3ccc(-c4ccccc4)nc3)cnn2c1N. The lowest BCUT2D eigenvalue weighted by atomic mass is 9.86. The van der Waals surface area contributed by atoms with Gasteiger partial charge in [-0.1, -0.05) is 36.4 Å². The number of piperidine rings is 1. The van der Waals surface area contributed by atoms with E-state index in [1.165, 1.54) is 0 Å². The van der Waals surface area contributed by atoms with Crippen LogP contribution in [0.4, 0.5) is 5.82 Å². The van der Waals surface area contributed by atoms with Gasteiger partial charge in [0.05, 0.1) is 17.6 Å². The number of rotatable bonds is 3. The van der Waals surface area contributed by atoms with Crippen molar-refractivity contribution in [3.8, 4) is 28.6 Å². The number of aromatic nitrogens is 4. The molecule has 2 bridgehead atoms. The van der Waals surface area contributed by atoms with Crippen LogP contribution in [0.3, 0.4) is 0 Å². The number of benzene rings is 1. The summed E-state index contributed by atoms with van der Waals surface area (Å²) in [6.45, 7) is 2.03. The zero-order valence-corrected chi connectivity index (χ0v) is 18.5. The molecule has 5 heterocycles. The lowest BCUT2D eigenvalue weighted by molar-refractivity contribution is 0.196. The third kappa shape index (κ3) is 3.13. The highest BCUT2D eigenvalue weighted by molar-refractivity contribution is 5.79. The van der Waals surface area contributed by atoms with Crippen molar-refractivity contribution in [3.05, 3.63) is 66.1 Å². The Hall–Kier alpha value is -3.92. The number of anilines is 1. The Morgan fingerprint density at radius 3 is 2.42 bits per heavy atom. The molecule has 0 saturated carbocycles. The summed E-state index contributed by atoms with van der Waals surface area (Å²) in [5.74, 6) is 0.936. The Kier molecular flexibility index (Phi) is 4.54. The number of nitrogens with two attached hydrogens (primary N) is 1. The van der Waals surface area contributed by atoms with E-state index in [4.69, 9.17) is 10.7 Å². The third-order valence-electron chi connectivity index (χ3n) is 7.35. The zero-order chi connectivity index (χ0) is 22.5. The molecule has 0 aliphatic carbocycles. The molecule has 3 aromatic heterocycles. The topological polar surface area (TPSA) is 96.1 Å².